The predicted octanol–water partition coefficient (Wildman–Crippen LogP) is 3.89. The van der Waals surface area contributed by atoms with Gasteiger partial charge in [0.15, 0.2) is 6.61 Å². The first-order chi connectivity index (χ1) is 16.1. The molecule has 1 aromatic heterocycles. The zero-order chi connectivity index (χ0) is 23.5. The van der Waals surface area contributed by atoms with Crippen molar-refractivity contribution in [3.8, 4) is 23.3 Å². The number of amides is 1. The maximum Gasteiger partial charge on any atom is 0.349 e. The van der Waals surface area contributed by atoms with Crippen molar-refractivity contribution in [3.63, 3.8) is 0 Å². The molecule has 2 aromatic carbocycles. The third kappa shape index (κ3) is 7.29. The number of carbonyl (C=O) groups is 2. The van der Waals surface area contributed by atoms with Crippen LogP contribution in [0.4, 0.5) is 0 Å². The second-order valence-electron chi connectivity index (χ2n) is 6.67. The molecule has 8 nitrogen and oxygen atoms in total. The zero-order valence-electron chi connectivity index (χ0n) is 17.9. The van der Waals surface area contributed by atoms with Gasteiger partial charge in [0.25, 0.3) is 5.91 Å². The van der Waals surface area contributed by atoms with Crippen LogP contribution in [-0.4, -0.2) is 25.1 Å². The molecule has 0 bridgehead atoms. The molecule has 168 valence electrons. The lowest BCUT2D eigenvalue weighted by atomic mass is 10.1. The van der Waals surface area contributed by atoms with Gasteiger partial charge in [0.1, 0.15) is 34.7 Å². The Hall–Kier alpha value is -4.51. The number of furan rings is 1. The third-order valence-corrected chi connectivity index (χ3v) is 4.28. The van der Waals surface area contributed by atoms with Gasteiger partial charge in [0, 0.05) is 0 Å². The lowest BCUT2D eigenvalue weighted by Crippen LogP contribution is -2.23. The molecular formula is C25H22N2O6. The zero-order valence-corrected chi connectivity index (χ0v) is 17.9. The summed E-state index contributed by atoms with van der Waals surface area (Å²) in [5.41, 5.74) is 0.542. The van der Waals surface area contributed by atoms with Crippen LogP contribution < -0.4 is 19.5 Å². The van der Waals surface area contributed by atoms with E-state index in [0.717, 1.165) is 5.75 Å². The van der Waals surface area contributed by atoms with Crippen LogP contribution in [0.15, 0.2) is 76.9 Å². The number of nitrogens with one attached hydrogen (secondary N) is 1. The van der Waals surface area contributed by atoms with Gasteiger partial charge in [-0.1, -0.05) is 12.1 Å². The molecule has 3 aromatic rings. The highest BCUT2D eigenvalue weighted by Gasteiger charge is 2.10. The van der Waals surface area contributed by atoms with Gasteiger partial charge in [-0.25, -0.2) is 4.79 Å². The number of esters is 1. The molecule has 8 heteroatoms. The Kier molecular flexibility index (Phi) is 8.26. The van der Waals surface area contributed by atoms with Crippen molar-refractivity contribution in [1.29, 1.82) is 5.26 Å². The molecule has 0 fully saturated rings. The summed E-state index contributed by atoms with van der Waals surface area (Å²) in [5.74, 6) is 1.05. The van der Waals surface area contributed by atoms with Crippen LogP contribution in [0.3, 0.4) is 0 Å². The Morgan fingerprint density at radius 2 is 1.67 bits per heavy atom. The highest BCUT2D eigenvalue weighted by molar-refractivity contribution is 6.01. The maximum absolute atomic E-state index is 12.2. The summed E-state index contributed by atoms with van der Waals surface area (Å²) in [6, 6.07) is 18.6. The molecular weight excluding hydrogens is 424 g/mol. The van der Waals surface area contributed by atoms with Crippen molar-refractivity contribution >= 4 is 18.0 Å². The summed E-state index contributed by atoms with van der Waals surface area (Å²) in [4.78, 5) is 24.2. The normalized spacial score (nSPS) is 10.7. The summed E-state index contributed by atoms with van der Waals surface area (Å²) in [7, 11) is 0. The van der Waals surface area contributed by atoms with E-state index in [9.17, 15) is 14.9 Å². The lowest BCUT2D eigenvalue weighted by molar-refractivity contribution is -0.136. The quantitative estimate of drug-likeness (QED) is 0.218. The average molecular weight is 446 g/mol. The maximum atomic E-state index is 12.2. The number of carbonyl (C=O) groups excluding carboxylic acids is 2. The minimum absolute atomic E-state index is 0.0601. The third-order valence-electron chi connectivity index (χ3n) is 4.28. The topological polar surface area (TPSA) is 111 Å². The first-order valence-electron chi connectivity index (χ1n) is 10.2. The molecule has 1 N–H and O–H groups in total. The van der Waals surface area contributed by atoms with Gasteiger partial charge in [0.2, 0.25) is 0 Å². The molecule has 0 aliphatic heterocycles. The Morgan fingerprint density at radius 1 is 1.00 bits per heavy atom. The van der Waals surface area contributed by atoms with E-state index in [4.69, 9.17) is 18.6 Å². The van der Waals surface area contributed by atoms with E-state index < -0.39 is 11.9 Å². The minimum Gasteiger partial charge on any atom is -0.494 e. The van der Waals surface area contributed by atoms with Crippen LogP contribution in [0.25, 0.3) is 6.08 Å². The van der Waals surface area contributed by atoms with Crippen LogP contribution in [-0.2, 0) is 16.1 Å². The van der Waals surface area contributed by atoms with E-state index in [2.05, 4.69) is 5.32 Å². The van der Waals surface area contributed by atoms with Crippen LogP contribution in [0.1, 0.15) is 18.2 Å². The van der Waals surface area contributed by atoms with Gasteiger partial charge < -0.3 is 23.9 Å². The van der Waals surface area contributed by atoms with E-state index in [1.807, 2.05) is 13.0 Å². The highest BCUT2D eigenvalue weighted by atomic mass is 16.6. The summed E-state index contributed by atoms with van der Waals surface area (Å²) in [6.45, 7) is 2.38. The number of nitrogens with zero attached hydrogens (tertiary/aromatic N) is 1. The number of ether oxygens (including phenoxy) is 3. The largest absolute Gasteiger partial charge is 0.494 e. The second kappa shape index (κ2) is 11.8. The van der Waals surface area contributed by atoms with Crippen molar-refractivity contribution in [2.24, 2.45) is 0 Å². The van der Waals surface area contributed by atoms with Crippen LogP contribution in [0.5, 0.6) is 17.2 Å². The molecule has 0 spiro atoms. The van der Waals surface area contributed by atoms with Gasteiger partial charge in [-0.2, -0.15) is 5.26 Å². The Balaban J connectivity index is 1.50. The van der Waals surface area contributed by atoms with E-state index in [1.165, 1.54) is 12.3 Å². The van der Waals surface area contributed by atoms with Crippen LogP contribution in [0, 0.1) is 11.3 Å². The molecule has 0 saturated heterocycles. The van der Waals surface area contributed by atoms with Crippen molar-refractivity contribution in [2.45, 2.75) is 13.5 Å². The molecule has 0 aliphatic rings. The molecule has 0 atom stereocenters. The summed E-state index contributed by atoms with van der Waals surface area (Å²) in [6.07, 6.45) is 2.95. The first-order valence-corrected chi connectivity index (χ1v) is 10.2. The fourth-order valence-corrected chi connectivity index (χ4v) is 2.73. The molecule has 0 aliphatic carbocycles. The number of hydrogen-bond donors (Lipinski definition) is 1. The molecule has 3 rings (SSSR count). The molecule has 0 saturated carbocycles. The summed E-state index contributed by atoms with van der Waals surface area (Å²) < 4.78 is 21.2. The van der Waals surface area contributed by atoms with E-state index in [-0.39, 0.29) is 18.7 Å². The van der Waals surface area contributed by atoms with Gasteiger partial charge in [0.05, 0.1) is 19.4 Å². The summed E-state index contributed by atoms with van der Waals surface area (Å²) in [5, 5.41) is 11.9. The molecule has 0 radical (unpaired) electrons. The molecule has 1 amide bonds. The molecule has 33 heavy (non-hydrogen) atoms. The Labute approximate surface area is 191 Å². The number of rotatable bonds is 10. The second-order valence-corrected chi connectivity index (χ2v) is 6.67. The Morgan fingerprint density at radius 3 is 2.27 bits per heavy atom. The number of nitriles is 1. The van der Waals surface area contributed by atoms with E-state index in [1.54, 1.807) is 60.7 Å². The molecule has 0 unspecified atom stereocenters. The smallest absolute Gasteiger partial charge is 0.349 e. The van der Waals surface area contributed by atoms with Crippen molar-refractivity contribution in [3.05, 3.63) is 83.8 Å². The van der Waals surface area contributed by atoms with Gasteiger partial charge in [-0.3, -0.25) is 4.79 Å². The monoisotopic (exact) mass is 446 g/mol. The highest BCUT2D eigenvalue weighted by Crippen LogP contribution is 2.18. The van der Waals surface area contributed by atoms with Gasteiger partial charge >= 0.3 is 5.97 Å². The first kappa shape index (κ1) is 23.2. The van der Waals surface area contributed by atoms with Crippen LogP contribution >= 0.6 is 0 Å². The van der Waals surface area contributed by atoms with Crippen molar-refractivity contribution in [2.75, 3.05) is 13.2 Å². The summed E-state index contributed by atoms with van der Waals surface area (Å²) >= 11 is 0. The van der Waals surface area contributed by atoms with Crippen molar-refractivity contribution in [1.82, 2.24) is 5.32 Å². The van der Waals surface area contributed by atoms with E-state index in [0.29, 0.717) is 29.4 Å². The van der Waals surface area contributed by atoms with Gasteiger partial charge in [-0.05, 0) is 67.1 Å². The average Bonchev–Trinajstić information content (AvgIpc) is 3.35. The minimum atomic E-state index is -0.567. The molecule has 1 heterocycles. The predicted molar refractivity (Wildman–Crippen MR) is 119 cm³/mol. The fourth-order valence-electron chi connectivity index (χ4n) is 2.73. The fraction of sp³-hybridized carbons (Fsp3) is 0.160. The SMILES string of the molecule is CCOc1ccc(OCC(=O)Oc2ccc(/C=C(\C#N)C(=O)NCc3ccco3)cc2)cc1. The lowest BCUT2D eigenvalue weighted by Gasteiger charge is -2.08. The number of hydrogen-bond acceptors (Lipinski definition) is 7. The standard InChI is InChI=1S/C25H22N2O6/c1-2-30-20-9-11-21(12-10-20)32-17-24(28)33-22-7-5-18(6-8-22)14-19(15-26)25(29)27-16-23-4-3-13-31-23/h3-14H,2,16-17H2,1H3,(H,27,29)/b19-14+. The van der Waals surface area contributed by atoms with E-state index >= 15 is 0 Å². The Bertz CT molecular complexity index is 1130. The van der Waals surface area contributed by atoms with Gasteiger partial charge in [-0.15, -0.1) is 0 Å². The number of benzene rings is 2. The van der Waals surface area contributed by atoms with Crippen molar-refractivity contribution < 1.29 is 28.2 Å². The van der Waals surface area contributed by atoms with Crippen LogP contribution in [0.2, 0.25) is 0 Å².